The van der Waals surface area contributed by atoms with Crippen LogP contribution in [0.3, 0.4) is 0 Å². The number of aliphatic hydroxyl groups is 1. The lowest BCUT2D eigenvalue weighted by Gasteiger charge is -2.26. The Labute approximate surface area is 120 Å². The summed E-state index contributed by atoms with van der Waals surface area (Å²) in [5, 5.41) is 9.19. The van der Waals surface area contributed by atoms with Crippen LogP contribution in [0, 0.1) is 12.8 Å². The van der Waals surface area contributed by atoms with E-state index in [4.69, 9.17) is 4.74 Å². The molecule has 1 amide bonds. The van der Waals surface area contributed by atoms with Crippen molar-refractivity contribution in [2.24, 2.45) is 5.92 Å². The summed E-state index contributed by atoms with van der Waals surface area (Å²) in [5.74, 6) is 0.0108. The molecule has 1 aromatic rings. The van der Waals surface area contributed by atoms with Gasteiger partial charge in [-0.25, -0.2) is 0 Å². The van der Waals surface area contributed by atoms with Crippen LogP contribution in [0.15, 0.2) is 24.3 Å². The van der Waals surface area contributed by atoms with Gasteiger partial charge in [-0.05, 0) is 25.8 Å². The van der Waals surface area contributed by atoms with Crippen molar-refractivity contribution in [3.8, 4) is 0 Å². The highest BCUT2D eigenvalue weighted by Gasteiger charge is 2.33. The summed E-state index contributed by atoms with van der Waals surface area (Å²) in [6, 6.07) is 8.14. The quantitative estimate of drug-likeness (QED) is 0.892. The second-order valence-corrected chi connectivity index (χ2v) is 5.44. The van der Waals surface area contributed by atoms with Crippen LogP contribution in [-0.2, 0) is 16.1 Å². The predicted molar refractivity (Wildman–Crippen MR) is 77.2 cm³/mol. The van der Waals surface area contributed by atoms with Crippen molar-refractivity contribution in [1.82, 2.24) is 4.90 Å². The SMILES string of the molecule is Cc1ccc(CN(CCO)C(=O)C2CCOC2C)cc1. The topological polar surface area (TPSA) is 49.8 Å². The van der Waals surface area contributed by atoms with E-state index < -0.39 is 0 Å². The first-order valence-electron chi connectivity index (χ1n) is 7.18. The second kappa shape index (κ2) is 6.86. The van der Waals surface area contributed by atoms with Crippen molar-refractivity contribution in [3.05, 3.63) is 35.4 Å². The van der Waals surface area contributed by atoms with Crippen LogP contribution in [0.25, 0.3) is 0 Å². The Morgan fingerprint density at radius 1 is 1.40 bits per heavy atom. The van der Waals surface area contributed by atoms with E-state index in [1.165, 1.54) is 5.56 Å². The minimum absolute atomic E-state index is 0.0143. The smallest absolute Gasteiger partial charge is 0.228 e. The minimum atomic E-state index is -0.0769. The van der Waals surface area contributed by atoms with Crippen LogP contribution in [0.1, 0.15) is 24.5 Å². The average Bonchev–Trinajstić information content (AvgIpc) is 2.86. The Hall–Kier alpha value is -1.39. The standard InChI is InChI=1S/C16H23NO3/c1-12-3-5-14(6-4-12)11-17(8-9-18)16(19)15-7-10-20-13(15)2/h3-6,13,15,18H,7-11H2,1-2H3. The highest BCUT2D eigenvalue weighted by Crippen LogP contribution is 2.23. The molecule has 110 valence electrons. The molecule has 0 spiro atoms. The molecule has 1 saturated heterocycles. The maximum Gasteiger partial charge on any atom is 0.228 e. The van der Waals surface area contributed by atoms with Gasteiger partial charge in [0.05, 0.1) is 18.6 Å². The van der Waals surface area contributed by atoms with Gasteiger partial charge in [-0.15, -0.1) is 0 Å². The van der Waals surface area contributed by atoms with E-state index in [0.717, 1.165) is 12.0 Å². The summed E-state index contributed by atoms with van der Waals surface area (Å²) in [7, 11) is 0. The molecular formula is C16H23NO3. The first kappa shape index (κ1) is 15.0. The van der Waals surface area contributed by atoms with Gasteiger partial charge in [0, 0.05) is 19.7 Å². The lowest BCUT2D eigenvalue weighted by molar-refractivity contribution is -0.138. The summed E-state index contributed by atoms with van der Waals surface area (Å²) < 4.78 is 5.47. The Bertz CT molecular complexity index is 444. The molecule has 0 radical (unpaired) electrons. The van der Waals surface area contributed by atoms with Gasteiger partial charge in [0.15, 0.2) is 0 Å². The van der Waals surface area contributed by atoms with Gasteiger partial charge >= 0.3 is 0 Å². The molecule has 2 rings (SSSR count). The first-order chi connectivity index (χ1) is 9.61. The summed E-state index contributed by atoms with van der Waals surface area (Å²) in [6.45, 7) is 5.53. The minimum Gasteiger partial charge on any atom is -0.395 e. The van der Waals surface area contributed by atoms with Crippen LogP contribution in [0.4, 0.5) is 0 Å². The molecule has 0 bridgehead atoms. The summed E-state index contributed by atoms with van der Waals surface area (Å²) >= 11 is 0. The third-order valence-electron chi connectivity index (χ3n) is 3.87. The molecule has 1 aromatic carbocycles. The van der Waals surface area contributed by atoms with Crippen LogP contribution in [0.5, 0.6) is 0 Å². The summed E-state index contributed by atoms with van der Waals surface area (Å²) in [6.07, 6.45) is 0.747. The highest BCUT2D eigenvalue weighted by atomic mass is 16.5. The van der Waals surface area contributed by atoms with Gasteiger partial charge in [-0.2, -0.15) is 0 Å². The van der Waals surface area contributed by atoms with E-state index >= 15 is 0 Å². The van der Waals surface area contributed by atoms with Crippen molar-refractivity contribution >= 4 is 5.91 Å². The van der Waals surface area contributed by atoms with Crippen LogP contribution in [0.2, 0.25) is 0 Å². The number of hydrogen-bond acceptors (Lipinski definition) is 3. The average molecular weight is 277 g/mol. The van der Waals surface area contributed by atoms with Gasteiger partial charge in [-0.3, -0.25) is 4.79 Å². The maximum absolute atomic E-state index is 12.6. The first-order valence-corrected chi connectivity index (χ1v) is 7.18. The van der Waals surface area contributed by atoms with Crippen molar-refractivity contribution in [2.75, 3.05) is 19.8 Å². The van der Waals surface area contributed by atoms with E-state index in [1.54, 1.807) is 4.90 Å². The van der Waals surface area contributed by atoms with Crippen molar-refractivity contribution in [1.29, 1.82) is 0 Å². The van der Waals surface area contributed by atoms with Crippen LogP contribution in [-0.4, -0.2) is 41.8 Å². The number of rotatable bonds is 5. The molecule has 0 saturated carbocycles. The molecule has 1 aliphatic heterocycles. The van der Waals surface area contributed by atoms with Gasteiger partial charge in [-0.1, -0.05) is 29.8 Å². The number of aryl methyl sites for hydroxylation is 1. The van der Waals surface area contributed by atoms with Crippen LogP contribution >= 0.6 is 0 Å². The zero-order valence-electron chi connectivity index (χ0n) is 12.2. The fraction of sp³-hybridized carbons (Fsp3) is 0.562. The van der Waals surface area contributed by atoms with Gasteiger partial charge in [0.25, 0.3) is 0 Å². The Kier molecular flexibility index (Phi) is 5.15. The van der Waals surface area contributed by atoms with Gasteiger partial charge < -0.3 is 14.7 Å². The summed E-state index contributed by atoms with van der Waals surface area (Å²) in [5.41, 5.74) is 2.29. The molecule has 1 N–H and O–H groups in total. The third kappa shape index (κ3) is 3.58. The zero-order chi connectivity index (χ0) is 14.5. The molecule has 1 heterocycles. The maximum atomic E-state index is 12.6. The molecule has 0 aliphatic carbocycles. The monoisotopic (exact) mass is 277 g/mol. The van der Waals surface area contributed by atoms with Crippen molar-refractivity contribution in [3.63, 3.8) is 0 Å². The Morgan fingerprint density at radius 3 is 2.65 bits per heavy atom. The van der Waals surface area contributed by atoms with E-state index in [1.807, 2.05) is 38.1 Å². The molecule has 0 aromatic heterocycles. The molecule has 2 atom stereocenters. The molecule has 1 aliphatic rings. The number of ether oxygens (including phenoxy) is 1. The molecule has 2 unspecified atom stereocenters. The van der Waals surface area contributed by atoms with Crippen molar-refractivity contribution in [2.45, 2.75) is 32.9 Å². The lowest BCUT2D eigenvalue weighted by atomic mass is 10.0. The normalized spacial score (nSPS) is 21.9. The Balaban J connectivity index is 2.06. The van der Waals surface area contributed by atoms with E-state index in [-0.39, 0.29) is 24.5 Å². The van der Waals surface area contributed by atoms with E-state index in [9.17, 15) is 9.90 Å². The molecule has 4 nitrogen and oxygen atoms in total. The number of amides is 1. The van der Waals surface area contributed by atoms with Gasteiger partial charge in [0.2, 0.25) is 5.91 Å². The largest absolute Gasteiger partial charge is 0.395 e. The van der Waals surface area contributed by atoms with Crippen molar-refractivity contribution < 1.29 is 14.6 Å². The number of carbonyl (C=O) groups excluding carboxylic acids is 1. The Morgan fingerprint density at radius 2 is 2.10 bits per heavy atom. The number of benzene rings is 1. The number of carbonyl (C=O) groups is 1. The number of nitrogens with zero attached hydrogens (tertiary/aromatic N) is 1. The zero-order valence-corrected chi connectivity index (χ0v) is 12.2. The second-order valence-electron chi connectivity index (χ2n) is 5.44. The van der Waals surface area contributed by atoms with Gasteiger partial charge in [0.1, 0.15) is 0 Å². The third-order valence-corrected chi connectivity index (χ3v) is 3.87. The highest BCUT2D eigenvalue weighted by molar-refractivity contribution is 5.79. The van der Waals surface area contributed by atoms with E-state index in [0.29, 0.717) is 19.7 Å². The molecular weight excluding hydrogens is 254 g/mol. The number of hydrogen-bond donors (Lipinski definition) is 1. The molecule has 1 fully saturated rings. The molecule has 20 heavy (non-hydrogen) atoms. The summed E-state index contributed by atoms with van der Waals surface area (Å²) in [4.78, 5) is 14.3. The molecule has 4 heteroatoms. The fourth-order valence-corrected chi connectivity index (χ4v) is 2.59. The van der Waals surface area contributed by atoms with E-state index in [2.05, 4.69) is 0 Å². The lowest BCUT2D eigenvalue weighted by Crippen LogP contribution is -2.39. The van der Waals surface area contributed by atoms with Crippen LogP contribution < -0.4 is 0 Å². The number of aliphatic hydroxyl groups excluding tert-OH is 1. The predicted octanol–water partition coefficient (Wildman–Crippen LogP) is 1.74. The fourth-order valence-electron chi connectivity index (χ4n) is 2.59.